The SMILES string of the molecule is O=C1CCC[C@@H]([C@H](NC(=O)CNC(=O)c2ccccc2)C(=O)O)C1. The fourth-order valence-corrected chi connectivity index (χ4v) is 2.80. The molecule has 0 bridgehead atoms. The first-order chi connectivity index (χ1) is 11.5. The van der Waals surface area contributed by atoms with Gasteiger partial charge in [0.2, 0.25) is 5.91 Å². The lowest BCUT2D eigenvalue weighted by molar-refractivity contribution is -0.144. The van der Waals surface area contributed by atoms with Crippen LogP contribution in [0.5, 0.6) is 0 Å². The van der Waals surface area contributed by atoms with Crippen LogP contribution in [0.3, 0.4) is 0 Å². The highest BCUT2D eigenvalue weighted by atomic mass is 16.4. The van der Waals surface area contributed by atoms with Gasteiger partial charge in [-0.25, -0.2) is 4.79 Å². The van der Waals surface area contributed by atoms with E-state index in [4.69, 9.17) is 0 Å². The number of ketones is 1. The lowest BCUT2D eigenvalue weighted by Crippen LogP contribution is -2.50. The van der Waals surface area contributed by atoms with Crippen LogP contribution < -0.4 is 10.6 Å². The van der Waals surface area contributed by atoms with E-state index in [0.29, 0.717) is 24.8 Å². The number of carbonyl (C=O) groups excluding carboxylic acids is 3. The molecule has 0 aliphatic heterocycles. The first-order valence-corrected chi connectivity index (χ1v) is 7.84. The van der Waals surface area contributed by atoms with Gasteiger partial charge < -0.3 is 15.7 Å². The summed E-state index contributed by atoms with van der Waals surface area (Å²) in [5.74, 6) is -2.56. The summed E-state index contributed by atoms with van der Waals surface area (Å²) in [4.78, 5) is 46.7. The highest BCUT2D eigenvalue weighted by Crippen LogP contribution is 2.24. The van der Waals surface area contributed by atoms with Gasteiger partial charge in [0, 0.05) is 18.4 Å². The minimum Gasteiger partial charge on any atom is -0.480 e. The van der Waals surface area contributed by atoms with Gasteiger partial charge in [-0.3, -0.25) is 14.4 Å². The number of hydrogen-bond donors (Lipinski definition) is 3. The summed E-state index contributed by atoms with van der Waals surface area (Å²) in [5.41, 5.74) is 0.415. The average Bonchev–Trinajstić information content (AvgIpc) is 2.58. The molecule has 1 aliphatic carbocycles. The number of hydrogen-bond acceptors (Lipinski definition) is 4. The Balaban J connectivity index is 1.88. The summed E-state index contributed by atoms with van der Waals surface area (Å²) < 4.78 is 0. The second kappa shape index (κ2) is 8.24. The number of carbonyl (C=O) groups is 4. The molecule has 0 radical (unpaired) electrons. The maximum atomic E-state index is 11.9. The molecular formula is C17H20N2O5. The number of Topliss-reactive ketones (excluding diaryl/α,β-unsaturated/α-hetero) is 1. The predicted molar refractivity (Wildman–Crippen MR) is 85.3 cm³/mol. The zero-order chi connectivity index (χ0) is 17.5. The Morgan fingerprint density at radius 3 is 2.54 bits per heavy atom. The van der Waals surface area contributed by atoms with Crippen LogP contribution in [0.4, 0.5) is 0 Å². The van der Waals surface area contributed by atoms with Gasteiger partial charge in [-0.1, -0.05) is 18.2 Å². The topological polar surface area (TPSA) is 113 Å². The molecule has 0 aromatic heterocycles. The highest BCUT2D eigenvalue weighted by Gasteiger charge is 2.33. The minimum absolute atomic E-state index is 0.0177. The molecule has 2 amide bonds. The smallest absolute Gasteiger partial charge is 0.326 e. The van der Waals surface area contributed by atoms with Gasteiger partial charge in [0.05, 0.1) is 6.54 Å². The molecular weight excluding hydrogens is 312 g/mol. The van der Waals surface area contributed by atoms with Gasteiger partial charge in [-0.05, 0) is 30.9 Å². The van der Waals surface area contributed by atoms with Gasteiger partial charge in [0.1, 0.15) is 11.8 Å². The maximum Gasteiger partial charge on any atom is 0.326 e. The molecule has 0 spiro atoms. The van der Waals surface area contributed by atoms with Gasteiger partial charge in [0.25, 0.3) is 5.91 Å². The van der Waals surface area contributed by atoms with Crippen LogP contribution in [0.15, 0.2) is 30.3 Å². The number of nitrogens with one attached hydrogen (secondary N) is 2. The first-order valence-electron chi connectivity index (χ1n) is 7.84. The van der Waals surface area contributed by atoms with E-state index < -0.39 is 29.7 Å². The zero-order valence-corrected chi connectivity index (χ0v) is 13.2. The Labute approximate surface area is 139 Å². The van der Waals surface area contributed by atoms with Crippen molar-refractivity contribution in [2.75, 3.05) is 6.54 Å². The number of carboxylic acids is 1. The normalized spacial score (nSPS) is 18.5. The van der Waals surface area contributed by atoms with Crippen molar-refractivity contribution in [3.63, 3.8) is 0 Å². The van der Waals surface area contributed by atoms with E-state index in [2.05, 4.69) is 10.6 Å². The van der Waals surface area contributed by atoms with Crippen LogP contribution in [-0.4, -0.2) is 41.3 Å². The molecule has 3 N–H and O–H groups in total. The number of benzene rings is 1. The van der Waals surface area contributed by atoms with Crippen LogP contribution in [-0.2, 0) is 14.4 Å². The molecule has 2 atom stereocenters. The standard InChI is InChI=1S/C17H20N2O5/c20-13-8-4-7-12(9-13)15(17(23)24)19-14(21)10-18-16(22)11-5-2-1-3-6-11/h1-3,5-6,12,15H,4,7-10H2,(H,18,22)(H,19,21)(H,23,24)/t12-,15+/m1/s1. The van der Waals surface area contributed by atoms with E-state index in [1.807, 2.05) is 0 Å². The summed E-state index contributed by atoms with van der Waals surface area (Å²) in [6, 6.07) is 7.29. The van der Waals surface area contributed by atoms with Crippen molar-refractivity contribution in [1.82, 2.24) is 10.6 Å². The highest BCUT2D eigenvalue weighted by molar-refractivity contribution is 5.96. The molecule has 0 heterocycles. The maximum absolute atomic E-state index is 11.9. The first kappa shape index (κ1) is 17.7. The molecule has 24 heavy (non-hydrogen) atoms. The lowest BCUT2D eigenvalue weighted by Gasteiger charge is -2.27. The average molecular weight is 332 g/mol. The molecule has 1 saturated carbocycles. The second-order valence-electron chi connectivity index (χ2n) is 5.83. The van der Waals surface area contributed by atoms with Crippen molar-refractivity contribution in [3.8, 4) is 0 Å². The molecule has 1 fully saturated rings. The zero-order valence-electron chi connectivity index (χ0n) is 13.2. The van der Waals surface area contributed by atoms with Gasteiger partial charge in [-0.15, -0.1) is 0 Å². The Bertz CT molecular complexity index is 629. The molecule has 7 nitrogen and oxygen atoms in total. The Morgan fingerprint density at radius 1 is 1.21 bits per heavy atom. The Morgan fingerprint density at radius 2 is 1.92 bits per heavy atom. The summed E-state index contributed by atoms with van der Waals surface area (Å²) >= 11 is 0. The third-order valence-electron chi connectivity index (χ3n) is 4.02. The van der Waals surface area contributed by atoms with Crippen molar-refractivity contribution >= 4 is 23.6 Å². The fourth-order valence-electron chi connectivity index (χ4n) is 2.80. The van der Waals surface area contributed by atoms with Crippen LogP contribution >= 0.6 is 0 Å². The number of amides is 2. The summed E-state index contributed by atoms with van der Waals surface area (Å²) in [7, 11) is 0. The third-order valence-corrected chi connectivity index (χ3v) is 4.02. The largest absolute Gasteiger partial charge is 0.480 e. The van der Waals surface area contributed by atoms with Crippen molar-refractivity contribution in [3.05, 3.63) is 35.9 Å². The van der Waals surface area contributed by atoms with Gasteiger partial charge in [-0.2, -0.15) is 0 Å². The molecule has 1 aromatic rings. The van der Waals surface area contributed by atoms with Crippen LogP contribution in [0, 0.1) is 5.92 Å². The minimum atomic E-state index is -1.17. The summed E-state index contributed by atoms with van der Waals surface area (Å²) in [5, 5.41) is 14.2. The molecule has 2 rings (SSSR count). The Kier molecular flexibility index (Phi) is 6.06. The quantitative estimate of drug-likeness (QED) is 0.711. The monoisotopic (exact) mass is 332 g/mol. The van der Waals surface area contributed by atoms with E-state index in [9.17, 15) is 24.3 Å². The Hall–Kier alpha value is -2.70. The predicted octanol–water partition coefficient (Wildman–Crippen LogP) is 0.745. The summed E-state index contributed by atoms with van der Waals surface area (Å²) in [6.07, 6.45) is 1.84. The van der Waals surface area contributed by atoms with E-state index in [1.165, 1.54) is 0 Å². The van der Waals surface area contributed by atoms with E-state index in [1.54, 1.807) is 30.3 Å². The number of rotatable bonds is 6. The second-order valence-corrected chi connectivity index (χ2v) is 5.83. The molecule has 1 aliphatic rings. The molecule has 0 unspecified atom stereocenters. The number of aliphatic carboxylic acids is 1. The van der Waals surface area contributed by atoms with Crippen LogP contribution in [0.1, 0.15) is 36.0 Å². The van der Waals surface area contributed by atoms with E-state index in [-0.39, 0.29) is 18.7 Å². The molecule has 128 valence electrons. The van der Waals surface area contributed by atoms with Crippen molar-refractivity contribution < 1.29 is 24.3 Å². The fraction of sp³-hybridized carbons (Fsp3) is 0.412. The molecule has 7 heteroatoms. The van der Waals surface area contributed by atoms with E-state index in [0.717, 1.165) is 0 Å². The number of carboxylic acid groups (broad SMARTS) is 1. The third kappa shape index (κ3) is 4.91. The van der Waals surface area contributed by atoms with Crippen molar-refractivity contribution in [2.45, 2.75) is 31.7 Å². The van der Waals surface area contributed by atoms with Crippen molar-refractivity contribution in [1.29, 1.82) is 0 Å². The lowest BCUT2D eigenvalue weighted by atomic mass is 9.83. The summed E-state index contributed by atoms with van der Waals surface area (Å²) in [6.45, 7) is -0.321. The van der Waals surface area contributed by atoms with Crippen molar-refractivity contribution in [2.24, 2.45) is 5.92 Å². The molecule has 0 saturated heterocycles. The van der Waals surface area contributed by atoms with E-state index >= 15 is 0 Å². The van der Waals surface area contributed by atoms with Gasteiger partial charge >= 0.3 is 5.97 Å². The van der Waals surface area contributed by atoms with Gasteiger partial charge in [0.15, 0.2) is 0 Å². The molecule has 1 aromatic carbocycles. The van der Waals surface area contributed by atoms with Crippen LogP contribution in [0.2, 0.25) is 0 Å². The van der Waals surface area contributed by atoms with Crippen LogP contribution in [0.25, 0.3) is 0 Å².